The predicted octanol–water partition coefficient (Wildman–Crippen LogP) is 3.10. The average Bonchev–Trinajstić information content (AvgIpc) is 2.68. The molecule has 30 heavy (non-hydrogen) atoms. The Morgan fingerprint density at radius 2 is 1.87 bits per heavy atom. The van der Waals surface area contributed by atoms with E-state index in [4.69, 9.17) is 9.47 Å². The van der Waals surface area contributed by atoms with E-state index >= 15 is 0 Å². The van der Waals surface area contributed by atoms with E-state index in [-0.39, 0.29) is 17.4 Å². The summed E-state index contributed by atoms with van der Waals surface area (Å²) in [5.74, 6) is -0.661. The molecule has 1 aliphatic rings. The molecule has 164 valence electrons. The second-order valence-electron chi connectivity index (χ2n) is 6.49. The van der Waals surface area contributed by atoms with Crippen LogP contribution in [0.2, 0.25) is 0 Å². The highest BCUT2D eigenvalue weighted by molar-refractivity contribution is 7.89. The lowest BCUT2D eigenvalue weighted by molar-refractivity contribution is -0.140. The van der Waals surface area contributed by atoms with Crippen molar-refractivity contribution in [3.8, 4) is 5.88 Å². The van der Waals surface area contributed by atoms with Gasteiger partial charge in [-0.25, -0.2) is 18.1 Å². The molecule has 2 aromatic rings. The fraction of sp³-hybridized carbons (Fsp3) is 0.444. The average molecular weight is 446 g/mol. The Labute approximate surface area is 171 Å². The Hall–Kier alpha value is -2.44. The summed E-state index contributed by atoms with van der Waals surface area (Å²) < 4.78 is 77.0. The SMILES string of the molecule is CCNS(=O)(=O)c1ccc(Nc2ncc(C(F)(F)F)c(OC3CCOCC3)n2)cc1. The van der Waals surface area contributed by atoms with Crippen molar-refractivity contribution < 1.29 is 31.1 Å². The minimum atomic E-state index is -4.67. The summed E-state index contributed by atoms with van der Waals surface area (Å²) in [5.41, 5.74) is -0.658. The summed E-state index contributed by atoms with van der Waals surface area (Å²) >= 11 is 0. The molecule has 3 rings (SSSR count). The maximum Gasteiger partial charge on any atom is 0.423 e. The Kier molecular flexibility index (Phi) is 6.78. The number of nitrogens with one attached hydrogen (secondary N) is 2. The van der Waals surface area contributed by atoms with Crippen LogP contribution in [0.1, 0.15) is 25.3 Å². The van der Waals surface area contributed by atoms with E-state index in [1.165, 1.54) is 24.3 Å². The number of hydrogen-bond acceptors (Lipinski definition) is 7. The molecule has 1 fully saturated rings. The molecule has 0 spiro atoms. The van der Waals surface area contributed by atoms with Gasteiger partial charge in [-0.05, 0) is 24.3 Å². The van der Waals surface area contributed by atoms with Crippen molar-refractivity contribution in [1.82, 2.24) is 14.7 Å². The first-order valence-corrected chi connectivity index (χ1v) is 10.7. The molecule has 2 heterocycles. The van der Waals surface area contributed by atoms with Gasteiger partial charge in [0.05, 0.1) is 18.1 Å². The van der Waals surface area contributed by atoms with Crippen molar-refractivity contribution in [2.24, 2.45) is 0 Å². The first-order chi connectivity index (χ1) is 14.2. The number of hydrogen-bond donors (Lipinski definition) is 2. The van der Waals surface area contributed by atoms with Gasteiger partial charge >= 0.3 is 6.18 Å². The summed E-state index contributed by atoms with van der Waals surface area (Å²) in [5, 5.41) is 2.76. The van der Waals surface area contributed by atoms with Crippen LogP contribution in [0.3, 0.4) is 0 Å². The van der Waals surface area contributed by atoms with Crippen LogP contribution < -0.4 is 14.8 Å². The topological polar surface area (TPSA) is 102 Å². The number of benzene rings is 1. The molecule has 0 bridgehead atoms. The van der Waals surface area contributed by atoms with Crippen LogP contribution in [0.25, 0.3) is 0 Å². The minimum Gasteiger partial charge on any atom is -0.474 e. The van der Waals surface area contributed by atoms with Crippen molar-refractivity contribution >= 4 is 21.7 Å². The molecule has 12 heteroatoms. The number of ether oxygens (including phenoxy) is 2. The highest BCUT2D eigenvalue weighted by Gasteiger charge is 2.37. The number of nitrogens with zero attached hydrogens (tertiary/aromatic N) is 2. The second-order valence-corrected chi connectivity index (χ2v) is 8.26. The third kappa shape index (κ3) is 5.58. The van der Waals surface area contributed by atoms with Gasteiger partial charge in [-0.3, -0.25) is 0 Å². The van der Waals surface area contributed by atoms with E-state index in [0.29, 0.717) is 37.9 Å². The van der Waals surface area contributed by atoms with E-state index in [9.17, 15) is 21.6 Å². The lowest BCUT2D eigenvalue weighted by Crippen LogP contribution is -2.27. The molecule has 8 nitrogen and oxygen atoms in total. The van der Waals surface area contributed by atoms with Crippen molar-refractivity contribution in [3.05, 3.63) is 36.0 Å². The van der Waals surface area contributed by atoms with E-state index < -0.39 is 33.7 Å². The van der Waals surface area contributed by atoms with Gasteiger partial charge in [0, 0.05) is 31.3 Å². The highest BCUT2D eigenvalue weighted by Crippen LogP contribution is 2.36. The van der Waals surface area contributed by atoms with E-state index in [1.807, 2.05) is 0 Å². The molecule has 0 amide bonds. The summed E-state index contributed by atoms with van der Waals surface area (Å²) in [6.45, 7) is 2.72. The first kappa shape index (κ1) is 22.2. The third-order valence-electron chi connectivity index (χ3n) is 4.26. The largest absolute Gasteiger partial charge is 0.474 e. The van der Waals surface area contributed by atoms with Gasteiger partial charge in [0.2, 0.25) is 21.9 Å². The zero-order chi connectivity index (χ0) is 21.8. The van der Waals surface area contributed by atoms with Gasteiger partial charge in [0.25, 0.3) is 0 Å². The summed E-state index contributed by atoms with van der Waals surface area (Å²) in [4.78, 5) is 7.67. The molecule has 2 N–H and O–H groups in total. The van der Waals surface area contributed by atoms with Crippen LogP contribution in [0.4, 0.5) is 24.8 Å². The van der Waals surface area contributed by atoms with Crippen LogP contribution in [0.5, 0.6) is 5.88 Å². The molecule has 1 aromatic carbocycles. The van der Waals surface area contributed by atoms with E-state index in [2.05, 4.69) is 20.0 Å². The molecule has 1 aromatic heterocycles. The van der Waals surface area contributed by atoms with Crippen LogP contribution in [0.15, 0.2) is 35.4 Å². The van der Waals surface area contributed by atoms with E-state index in [0.717, 1.165) is 0 Å². The predicted molar refractivity (Wildman–Crippen MR) is 102 cm³/mol. The summed E-state index contributed by atoms with van der Waals surface area (Å²) in [6, 6.07) is 5.65. The zero-order valence-electron chi connectivity index (χ0n) is 16.1. The first-order valence-electron chi connectivity index (χ1n) is 9.24. The maximum absolute atomic E-state index is 13.3. The number of anilines is 2. The number of aromatic nitrogens is 2. The Bertz CT molecular complexity index is 962. The van der Waals surface area contributed by atoms with Crippen molar-refractivity contribution in [1.29, 1.82) is 0 Å². The third-order valence-corrected chi connectivity index (χ3v) is 5.82. The lowest BCUT2D eigenvalue weighted by atomic mass is 10.1. The normalized spacial score (nSPS) is 15.7. The van der Waals surface area contributed by atoms with Gasteiger partial charge in [-0.2, -0.15) is 18.2 Å². The molecule has 1 aliphatic heterocycles. The van der Waals surface area contributed by atoms with Gasteiger partial charge in [-0.15, -0.1) is 0 Å². The zero-order valence-corrected chi connectivity index (χ0v) is 16.9. The fourth-order valence-electron chi connectivity index (χ4n) is 2.78. The maximum atomic E-state index is 13.3. The van der Waals surface area contributed by atoms with Gasteiger partial charge in [0.1, 0.15) is 11.7 Å². The van der Waals surface area contributed by atoms with Crippen LogP contribution >= 0.6 is 0 Å². The molecule has 0 unspecified atom stereocenters. The van der Waals surface area contributed by atoms with Crippen molar-refractivity contribution in [2.45, 2.75) is 36.9 Å². The van der Waals surface area contributed by atoms with E-state index in [1.54, 1.807) is 6.92 Å². The van der Waals surface area contributed by atoms with Crippen molar-refractivity contribution in [3.63, 3.8) is 0 Å². The van der Waals surface area contributed by atoms with Gasteiger partial charge in [0.15, 0.2) is 0 Å². The quantitative estimate of drug-likeness (QED) is 0.674. The smallest absolute Gasteiger partial charge is 0.423 e. The molecule has 0 atom stereocenters. The molecule has 0 radical (unpaired) electrons. The fourth-order valence-corrected chi connectivity index (χ4v) is 3.82. The number of sulfonamides is 1. The summed E-state index contributed by atoms with van der Waals surface area (Å²) in [7, 11) is -3.61. The van der Waals surface area contributed by atoms with Gasteiger partial charge < -0.3 is 14.8 Å². The van der Waals surface area contributed by atoms with Gasteiger partial charge in [-0.1, -0.05) is 6.92 Å². The Morgan fingerprint density at radius 1 is 1.20 bits per heavy atom. The number of rotatable bonds is 7. The number of halogens is 3. The Balaban J connectivity index is 1.81. The Morgan fingerprint density at radius 3 is 2.47 bits per heavy atom. The summed E-state index contributed by atoms with van der Waals surface area (Å²) in [6.07, 6.45) is -3.51. The standard InChI is InChI=1S/C18H21F3N4O4S/c1-2-23-30(26,27)14-5-3-12(4-6-14)24-17-22-11-15(18(19,20)21)16(25-17)29-13-7-9-28-10-8-13/h3-6,11,13,23H,2,7-10H2,1H3,(H,22,24,25). The highest BCUT2D eigenvalue weighted by atomic mass is 32.2. The second kappa shape index (κ2) is 9.14. The molecule has 1 saturated heterocycles. The molecule has 0 saturated carbocycles. The molecular formula is C18H21F3N4O4S. The lowest BCUT2D eigenvalue weighted by Gasteiger charge is -2.24. The molecule has 0 aliphatic carbocycles. The van der Waals surface area contributed by atoms with Crippen LogP contribution in [-0.2, 0) is 20.9 Å². The van der Waals surface area contributed by atoms with Crippen molar-refractivity contribution in [2.75, 3.05) is 25.1 Å². The number of alkyl halides is 3. The van der Waals surface area contributed by atoms with Crippen LogP contribution in [-0.4, -0.2) is 44.2 Å². The minimum absolute atomic E-state index is 0.0618. The molecular weight excluding hydrogens is 425 g/mol. The van der Waals surface area contributed by atoms with Crippen LogP contribution in [0, 0.1) is 0 Å². The monoisotopic (exact) mass is 446 g/mol.